The molecule has 0 bridgehead atoms. The van der Waals surface area contributed by atoms with Gasteiger partial charge in [-0.25, -0.2) is 4.98 Å². The Bertz CT molecular complexity index is 544. The van der Waals surface area contributed by atoms with Gasteiger partial charge < -0.3 is 10.1 Å². The second-order valence-corrected chi connectivity index (χ2v) is 5.89. The molecule has 0 aliphatic heterocycles. The normalized spacial score (nSPS) is 10.5. The molecule has 0 spiro atoms. The summed E-state index contributed by atoms with van der Waals surface area (Å²) in [7, 11) is 1.90. The van der Waals surface area contributed by atoms with Gasteiger partial charge in [0, 0.05) is 27.3 Å². The van der Waals surface area contributed by atoms with Gasteiger partial charge in [0.25, 0.3) is 0 Å². The Labute approximate surface area is 129 Å². The molecule has 2 rings (SSSR count). The minimum Gasteiger partial charge on any atom is -0.473 e. The Morgan fingerprint density at radius 1 is 1.16 bits per heavy atom. The van der Waals surface area contributed by atoms with E-state index in [1.807, 2.05) is 37.4 Å². The summed E-state index contributed by atoms with van der Waals surface area (Å²) in [5.41, 5.74) is 2.15. The van der Waals surface area contributed by atoms with E-state index in [0.29, 0.717) is 12.5 Å². The Morgan fingerprint density at radius 3 is 2.58 bits per heavy atom. The zero-order valence-corrected chi connectivity index (χ0v) is 13.7. The summed E-state index contributed by atoms with van der Waals surface area (Å²) in [6.45, 7) is 1.24. The number of halogens is 2. The second-order valence-electron chi connectivity index (χ2n) is 4.06. The van der Waals surface area contributed by atoms with E-state index in [2.05, 4.69) is 42.2 Å². The van der Waals surface area contributed by atoms with Crippen LogP contribution in [0.4, 0.5) is 0 Å². The topological polar surface area (TPSA) is 34.2 Å². The van der Waals surface area contributed by atoms with Gasteiger partial charge in [-0.15, -0.1) is 0 Å². The summed E-state index contributed by atoms with van der Waals surface area (Å²) >= 11 is 6.83. The van der Waals surface area contributed by atoms with E-state index in [1.54, 1.807) is 6.20 Å². The van der Waals surface area contributed by atoms with Gasteiger partial charge in [-0.1, -0.05) is 28.1 Å². The molecule has 0 aliphatic rings. The van der Waals surface area contributed by atoms with Crippen LogP contribution in [0.1, 0.15) is 11.1 Å². The number of pyridine rings is 1. The predicted molar refractivity (Wildman–Crippen MR) is 83.2 cm³/mol. The summed E-state index contributed by atoms with van der Waals surface area (Å²) < 4.78 is 7.80. The molecular formula is C14H14Br2N2O. The largest absolute Gasteiger partial charge is 0.473 e. The smallest absolute Gasteiger partial charge is 0.218 e. The fourth-order valence-corrected chi connectivity index (χ4v) is 2.29. The number of hydrogen-bond acceptors (Lipinski definition) is 3. The molecule has 0 radical (unpaired) electrons. The minimum atomic E-state index is 0.513. The average molecular weight is 386 g/mol. The minimum absolute atomic E-state index is 0.513. The van der Waals surface area contributed by atoms with Crippen molar-refractivity contribution >= 4 is 31.9 Å². The monoisotopic (exact) mass is 384 g/mol. The molecule has 0 fully saturated rings. The molecule has 1 N–H and O–H groups in total. The van der Waals surface area contributed by atoms with Gasteiger partial charge in [0.15, 0.2) is 0 Å². The van der Waals surface area contributed by atoms with Crippen LogP contribution in [0.2, 0.25) is 0 Å². The van der Waals surface area contributed by atoms with Crippen LogP contribution in [-0.4, -0.2) is 12.0 Å². The van der Waals surface area contributed by atoms with Crippen molar-refractivity contribution < 1.29 is 4.74 Å². The van der Waals surface area contributed by atoms with Gasteiger partial charge in [-0.3, -0.25) is 0 Å². The quantitative estimate of drug-likeness (QED) is 0.847. The first-order chi connectivity index (χ1) is 9.19. The molecule has 1 aromatic heterocycles. The summed E-state index contributed by atoms with van der Waals surface area (Å²) in [6, 6.07) is 10.1. The van der Waals surface area contributed by atoms with Gasteiger partial charge in [-0.05, 0) is 46.7 Å². The Kier molecular flexibility index (Phi) is 5.36. The molecular weight excluding hydrogens is 372 g/mol. The molecule has 0 saturated carbocycles. The van der Waals surface area contributed by atoms with E-state index < -0.39 is 0 Å². The fourth-order valence-electron chi connectivity index (χ4n) is 1.65. The summed E-state index contributed by atoms with van der Waals surface area (Å²) in [5, 5.41) is 3.11. The van der Waals surface area contributed by atoms with Crippen molar-refractivity contribution in [1.82, 2.24) is 10.3 Å². The van der Waals surface area contributed by atoms with Crippen LogP contribution in [0.25, 0.3) is 0 Å². The van der Waals surface area contributed by atoms with Crippen molar-refractivity contribution in [2.45, 2.75) is 13.2 Å². The molecule has 1 heterocycles. The van der Waals surface area contributed by atoms with E-state index in [1.165, 1.54) is 0 Å². The first-order valence-electron chi connectivity index (χ1n) is 5.85. The number of benzene rings is 1. The Hall–Kier alpha value is -0.910. The van der Waals surface area contributed by atoms with E-state index in [-0.39, 0.29) is 0 Å². The van der Waals surface area contributed by atoms with Crippen LogP contribution in [0.3, 0.4) is 0 Å². The van der Waals surface area contributed by atoms with Crippen molar-refractivity contribution in [1.29, 1.82) is 0 Å². The van der Waals surface area contributed by atoms with Crippen molar-refractivity contribution in [3.05, 3.63) is 56.6 Å². The maximum absolute atomic E-state index is 5.78. The highest BCUT2D eigenvalue weighted by Gasteiger charge is 2.06. The fraction of sp³-hybridized carbons (Fsp3) is 0.214. The average Bonchev–Trinajstić information content (AvgIpc) is 2.40. The highest BCUT2D eigenvalue weighted by Crippen LogP contribution is 2.21. The van der Waals surface area contributed by atoms with Crippen LogP contribution in [0.15, 0.2) is 45.5 Å². The highest BCUT2D eigenvalue weighted by molar-refractivity contribution is 9.10. The number of ether oxygens (including phenoxy) is 1. The van der Waals surface area contributed by atoms with E-state index in [4.69, 9.17) is 4.74 Å². The van der Waals surface area contributed by atoms with Gasteiger partial charge in [0.2, 0.25) is 5.88 Å². The zero-order chi connectivity index (χ0) is 13.7. The van der Waals surface area contributed by atoms with Crippen molar-refractivity contribution in [3.8, 4) is 5.88 Å². The second kappa shape index (κ2) is 7.03. The molecule has 0 atom stereocenters. The third-order valence-electron chi connectivity index (χ3n) is 2.55. The number of nitrogens with one attached hydrogen (secondary N) is 1. The molecule has 1 aromatic carbocycles. The first-order valence-corrected chi connectivity index (χ1v) is 7.44. The van der Waals surface area contributed by atoms with Gasteiger partial charge in [0.05, 0.1) is 0 Å². The molecule has 0 unspecified atom stereocenters. The van der Waals surface area contributed by atoms with Crippen LogP contribution < -0.4 is 10.1 Å². The van der Waals surface area contributed by atoms with E-state index in [0.717, 1.165) is 26.6 Å². The Balaban J connectivity index is 2.08. The maximum atomic E-state index is 5.78. The van der Waals surface area contributed by atoms with Crippen molar-refractivity contribution in [2.75, 3.05) is 7.05 Å². The van der Waals surface area contributed by atoms with Gasteiger partial charge in [0.1, 0.15) is 6.61 Å². The lowest BCUT2D eigenvalue weighted by Gasteiger charge is -2.10. The molecule has 0 amide bonds. The number of nitrogens with zero attached hydrogens (tertiary/aromatic N) is 1. The van der Waals surface area contributed by atoms with Crippen LogP contribution in [0, 0.1) is 0 Å². The van der Waals surface area contributed by atoms with Gasteiger partial charge >= 0.3 is 0 Å². The first kappa shape index (κ1) is 14.5. The lowest BCUT2D eigenvalue weighted by molar-refractivity contribution is 0.289. The third-order valence-corrected chi connectivity index (χ3v) is 3.51. The molecule has 3 nitrogen and oxygen atoms in total. The van der Waals surface area contributed by atoms with Crippen molar-refractivity contribution in [3.63, 3.8) is 0 Å². The molecule has 19 heavy (non-hydrogen) atoms. The Morgan fingerprint density at radius 2 is 1.89 bits per heavy atom. The molecule has 0 saturated heterocycles. The van der Waals surface area contributed by atoms with E-state index >= 15 is 0 Å². The van der Waals surface area contributed by atoms with Crippen LogP contribution >= 0.6 is 31.9 Å². The van der Waals surface area contributed by atoms with E-state index in [9.17, 15) is 0 Å². The van der Waals surface area contributed by atoms with Crippen molar-refractivity contribution in [2.24, 2.45) is 0 Å². The summed E-state index contributed by atoms with van der Waals surface area (Å²) in [5.74, 6) is 0.667. The van der Waals surface area contributed by atoms with Crippen LogP contribution in [0.5, 0.6) is 5.88 Å². The van der Waals surface area contributed by atoms with Crippen LogP contribution in [-0.2, 0) is 13.2 Å². The lowest BCUT2D eigenvalue weighted by atomic mass is 10.2. The SMILES string of the molecule is CNCc1cc(Br)cnc1OCc1ccc(Br)cc1. The zero-order valence-electron chi connectivity index (χ0n) is 10.5. The molecule has 5 heteroatoms. The standard InChI is InChI=1S/C14H14Br2N2O/c1-17-7-11-6-13(16)8-18-14(11)19-9-10-2-4-12(15)5-3-10/h2-6,8,17H,7,9H2,1H3. The number of aromatic nitrogens is 1. The number of hydrogen-bond donors (Lipinski definition) is 1. The third kappa shape index (κ3) is 4.30. The van der Waals surface area contributed by atoms with Gasteiger partial charge in [-0.2, -0.15) is 0 Å². The maximum Gasteiger partial charge on any atom is 0.218 e. The highest BCUT2D eigenvalue weighted by atomic mass is 79.9. The number of rotatable bonds is 5. The molecule has 100 valence electrons. The predicted octanol–water partition coefficient (Wildman–Crippen LogP) is 3.91. The summed E-state index contributed by atoms with van der Waals surface area (Å²) in [6.07, 6.45) is 1.75. The summed E-state index contributed by atoms with van der Waals surface area (Å²) in [4.78, 5) is 4.31. The molecule has 2 aromatic rings. The lowest BCUT2D eigenvalue weighted by Crippen LogP contribution is -2.08. The molecule has 0 aliphatic carbocycles.